The van der Waals surface area contributed by atoms with E-state index in [1.165, 1.54) is 38.8 Å². The molecule has 0 N–H and O–H groups in total. The number of nitrogens with zero attached hydrogens (tertiary/aromatic N) is 1. The van der Waals surface area contributed by atoms with Crippen molar-refractivity contribution in [3.8, 4) is 0 Å². The molecule has 2 heteroatoms. The molecule has 0 spiro atoms. The molecule has 0 bridgehead atoms. The van der Waals surface area contributed by atoms with Crippen molar-refractivity contribution in [3.63, 3.8) is 0 Å². The molecule has 1 aliphatic rings. The first kappa shape index (κ1) is 10.7. The third kappa shape index (κ3) is 3.90. The van der Waals surface area contributed by atoms with Gasteiger partial charge in [-0.1, -0.05) is 13.3 Å². The molecule has 1 rings (SSSR count). The minimum absolute atomic E-state index is 0.705. The second-order valence-corrected chi connectivity index (χ2v) is 4.00. The van der Waals surface area contributed by atoms with Crippen LogP contribution in [0.15, 0.2) is 0 Å². The largest absolute Gasteiger partial charge is 0.303 e. The van der Waals surface area contributed by atoms with E-state index in [9.17, 15) is 4.79 Å². The van der Waals surface area contributed by atoms with Crippen molar-refractivity contribution in [1.29, 1.82) is 0 Å². The SMILES string of the molecule is CCC1CCCN(CCC=O)CC1. The van der Waals surface area contributed by atoms with Crippen molar-refractivity contribution in [1.82, 2.24) is 4.90 Å². The predicted molar refractivity (Wildman–Crippen MR) is 54.8 cm³/mol. The van der Waals surface area contributed by atoms with Gasteiger partial charge in [-0.05, 0) is 38.3 Å². The molecule has 0 aromatic rings. The van der Waals surface area contributed by atoms with E-state index >= 15 is 0 Å². The number of carbonyl (C=O) groups is 1. The molecule has 13 heavy (non-hydrogen) atoms. The summed E-state index contributed by atoms with van der Waals surface area (Å²) in [6.45, 7) is 5.66. The summed E-state index contributed by atoms with van der Waals surface area (Å²) in [5.74, 6) is 0.932. The van der Waals surface area contributed by atoms with Crippen LogP contribution >= 0.6 is 0 Å². The second kappa shape index (κ2) is 6.14. The van der Waals surface area contributed by atoms with Crippen molar-refractivity contribution >= 4 is 6.29 Å². The van der Waals surface area contributed by atoms with Gasteiger partial charge in [-0.15, -0.1) is 0 Å². The standard InChI is InChI=1S/C11H21NO/c1-2-11-5-3-7-12(9-6-11)8-4-10-13/h10-11H,2-9H2,1H3. The van der Waals surface area contributed by atoms with Crippen LogP contribution in [0.5, 0.6) is 0 Å². The van der Waals surface area contributed by atoms with Gasteiger partial charge < -0.3 is 9.69 Å². The average molecular weight is 183 g/mol. The molecular weight excluding hydrogens is 162 g/mol. The highest BCUT2D eigenvalue weighted by molar-refractivity contribution is 5.49. The van der Waals surface area contributed by atoms with Crippen LogP contribution < -0.4 is 0 Å². The molecule has 0 aromatic heterocycles. The zero-order valence-electron chi connectivity index (χ0n) is 8.67. The lowest BCUT2D eigenvalue weighted by molar-refractivity contribution is -0.108. The summed E-state index contributed by atoms with van der Waals surface area (Å²) in [4.78, 5) is 12.7. The Hall–Kier alpha value is -0.370. The van der Waals surface area contributed by atoms with Crippen molar-refractivity contribution in [2.45, 2.75) is 39.0 Å². The number of aldehydes is 1. The Kier molecular flexibility index (Phi) is 5.06. The number of rotatable bonds is 4. The van der Waals surface area contributed by atoms with Gasteiger partial charge in [-0.2, -0.15) is 0 Å². The highest BCUT2D eigenvalue weighted by Gasteiger charge is 2.14. The first-order chi connectivity index (χ1) is 6.36. The topological polar surface area (TPSA) is 20.3 Å². The second-order valence-electron chi connectivity index (χ2n) is 4.00. The van der Waals surface area contributed by atoms with Gasteiger partial charge in [0.2, 0.25) is 0 Å². The van der Waals surface area contributed by atoms with Crippen LogP contribution in [0, 0.1) is 5.92 Å². The summed E-state index contributed by atoms with van der Waals surface area (Å²) in [5, 5.41) is 0. The summed E-state index contributed by atoms with van der Waals surface area (Å²) < 4.78 is 0. The van der Waals surface area contributed by atoms with Gasteiger partial charge in [0.15, 0.2) is 0 Å². The van der Waals surface area contributed by atoms with Gasteiger partial charge in [-0.3, -0.25) is 0 Å². The van der Waals surface area contributed by atoms with Crippen LogP contribution in [-0.2, 0) is 4.79 Å². The maximum atomic E-state index is 10.2. The monoisotopic (exact) mass is 183 g/mol. The lowest BCUT2D eigenvalue weighted by Crippen LogP contribution is -2.26. The van der Waals surface area contributed by atoms with Crippen molar-refractivity contribution in [2.75, 3.05) is 19.6 Å². The third-order valence-corrected chi connectivity index (χ3v) is 3.08. The summed E-state index contributed by atoms with van der Waals surface area (Å²) in [7, 11) is 0. The molecule has 1 fully saturated rings. The lowest BCUT2D eigenvalue weighted by Gasteiger charge is -2.18. The van der Waals surface area contributed by atoms with Crippen LogP contribution in [0.25, 0.3) is 0 Å². The minimum Gasteiger partial charge on any atom is -0.303 e. The van der Waals surface area contributed by atoms with Gasteiger partial charge >= 0.3 is 0 Å². The number of carbonyl (C=O) groups excluding carboxylic acids is 1. The first-order valence-electron chi connectivity index (χ1n) is 5.52. The maximum Gasteiger partial charge on any atom is 0.121 e. The Labute approximate surface area is 81.3 Å². The van der Waals surface area contributed by atoms with Crippen molar-refractivity contribution in [3.05, 3.63) is 0 Å². The molecule has 0 radical (unpaired) electrons. The van der Waals surface area contributed by atoms with E-state index in [1.54, 1.807) is 0 Å². The molecule has 1 unspecified atom stereocenters. The molecule has 1 saturated heterocycles. The number of hydrogen-bond donors (Lipinski definition) is 0. The zero-order chi connectivity index (χ0) is 9.52. The lowest BCUT2D eigenvalue weighted by atomic mass is 9.98. The highest BCUT2D eigenvalue weighted by atomic mass is 16.1. The normalized spacial score (nSPS) is 25.5. The fraction of sp³-hybridized carbons (Fsp3) is 0.909. The average Bonchev–Trinajstić information content (AvgIpc) is 2.39. The zero-order valence-corrected chi connectivity index (χ0v) is 8.67. The van der Waals surface area contributed by atoms with Crippen LogP contribution in [0.2, 0.25) is 0 Å². The third-order valence-electron chi connectivity index (χ3n) is 3.08. The van der Waals surface area contributed by atoms with E-state index in [1.807, 2.05) is 0 Å². The van der Waals surface area contributed by atoms with E-state index in [0.29, 0.717) is 6.42 Å². The molecule has 0 aromatic carbocycles. The van der Waals surface area contributed by atoms with Crippen molar-refractivity contribution in [2.24, 2.45) is 5.92 Å². The summed E-state index contributed by atoms with van der Waals surface area (Å²) >= 11 is 0. The van der Waals surface area contributed by atoms with Crippen LogP contribution in [0.3, 0.4) is 0 Å². The van der Waals surface area contributed by atoms with E-state index in [4.69, 9.17) is 0 Å². The van der Waals surface area contributed by atoms with Crippen LogP contribution in [0.1, 0.15) is 39.0 Å². The smallest absolute Gasteiger partial charge is 0.121 e. The highest BCUT2D eigenvalue weighted by Crippen LogP contribution is 2.19. The summed E-state index contributed by atoms with van der Waals surface area (Å²) in [5.41, 5.74) is 0. The van der Waals surface area contributed by atoms with Gasteiger partial charge in [0.05, 0.1) is 0 Å². The Bertz CT molecular complexity index is 147. The Morgan fingerprint density at radius 2 is 2.23 bits per heavy atom. The summed E-state index contributed by atoms with van der Waals surface area (Å²) in [6, 6.07) is 0. The number of hydrogen-bond acceptors (Lipinski definition) is 2. The quantitative estimate of drug-likeness (QED) is 0.622. The van der Waals surface area contributed by atoms with Gasteiger partial charge in [0, 0.05) is 13.0 Å². The number of likely N-dealkylation sites (tertiary alicyclic amines) is 1. The molecule has 2 nitrogen and oxygen atoms in total. The minimum atomic E-state index is 0.705. The molecule has 0 amide bonds. The van der Waals surface area contributed by atoms with E-state index in [2.05, 4.69) is 11.8 Å². The van der Waals surface area contributed by atoms with E-state index in [0.717, 1.165) is 18.7 Å². The van der Waals surface area contributed by atoms with Gasteiger partial charge in [0.25, 0.3) is 0 Å². The Morgan fingerprint density at radius 3 is 2.92 bits per heavy atom. The van der Waals surface area contributed by atoms with Crippen LogP contribution in [-0.4, -0.2) is 30.8 Å². The maximum absolute atomic E-state index is 10.2. The molecule has 76 valence electrons. The fourth-order valence-electron chi connectivity index (χ4n) is 2.09. The predicted octanol–water partition coefficient (Wildman–Crippen LogP) is 2.09. The van der Waals surface area contributed by atoms with Gasteiger partial charge in [0.1, 0.15) is 6.29 Å². The molecular formula is C11H21NO. The van der Waals surface area contributed by atoms with E-state index < -0.39 is 0 Å². The fourth-order valence-corrected chi connectivity index (χ4v) is 2.09. The summed E-state index contributed by atoms with van der Waals surface area (Å²) in [6.07, 6.45) is 7.08. The van der Waals surface area contributed by atoms with Gasteiger partial charge in [-0.25, -0.2) is 0 Å². The molecule has 0 aliphatic carbocycles. The van der Waals surface area contributed by atoms with Crippen LogP contribution in [0.4, 0.5) is 0 Å². The van der Waals surface area contributed by atoms with Crippen molar-refractivity contribution < 1.29 is 4.79 Å². The first-order valence-corrected chi connectivity index (χ1v) is 5.52. The Balaban J connectivity index is 2.23. The molecule has 1 heterocycles. The molecule has 1 atom stereocenters. The Morgan fingerprint density at radius 1 is 1.38 bits per heavy atom. The van der Waals surface area contributed by atoms with E-state index in [-0.39, 0.29) is 0 Å². The molecule has 1 aliphatic heterocycles. The molecule has 0 saturated carbocycles.